The highest BCUT2D eigenvalue weighted by Gasteiger charge is 2.22. The van der Waals surface area contributed by atoms with E-state index in [0.29, 0.717) is 0 Å². The second-order valence-electron chi connectivity index (χ2n) is 3.84. The highest BCUT2D eigenvalue weighted by molar-refractivity contribution is 7.89. The van der Waals surface area contributed by atoms with Crippen molar-refractivity contribution in [1.29, 1.82) is 0 Å². The van der Waals surface area contributed by atoms with Crippen LogP contribution in [-0.2, 0) is 10.0 Å². The summed E-state index contributed by atoms with van der Waals surface area (Å²) in [4.78, 5) is 13.2. The zero-order chi connectivity index (χ0) is 13.8. The van der Waals surface area contributed by atoms with Crippen LogP contribution in [0.2, 0.25) is 0 Å². The van der Waals surface area contributed by atoms with Gasteiger partial charge in [0.2, 0.25) is 10.0 Å². The minimum absolute atomic E-state index is 0.0226. The fraction of sp³-hybridized carbons (Fsp3) is 0.250. The minimum Gasteiger partial charge on any atom is -0.345 e. The Morgan fingerprint density at radius 1 is 1.39 bits per heavy atom. The first kappa shape index (κ1) is 14.4. The lowest BCUT2D eigenvalue weighted by molar-refractivity contribution is 0.0824. The van der Waals surface area contributed by atoms with Gasteiger partial charge < -0.3 is 4.90 Å². The van der Waals surface area contributed by atoms with E-state index >= 15 is 0 Å². The predicted octanol–water partition coefficient (Wildman–Crippen LogP) is 0.853. The van der Waals surface area contributed by atoms with Crippen molar-refractivity contribution in [2.24, 2.45) is 0 Å². The fourth-order valence-corrected chi connectivity index (χ4v) is 2.56. The van der Waals surface area contributed by atoms with E-state index in [2.05, 4.69) is 11.3 Å². The van der Waals surface area contributed by atoms with Crippen LogP contribution in [0.1, 0.15) is 10.4 Å². The van der Waals surface area contributed by atoms with Crippen molar-refractivity contribution in [3.8, 4) is 0 Å². The van der Waals surface area contributed by atoms with Crippen LogP contribution in [0.25, 0.3) is 0 Å². The number of nitrogens with zero attached hydrogens (tertiary/aromatic N) is 1. The maximum Gasteiger partial charge on any atom is 0.254 e. The third-order valence-electron chi connectivity index (χ3n) is 2.23. The number of sulfonamides is 1. The SMILES string of the molecule is C=CCNS(=O)(=O)c1ccccc1C(=O)N(C)C. The van der Waals surface area contributed by atoms with Crippen LogP contribution in [0.5, 0.6) is 0 Å². The van der Waals surface area contributed by atoms with Crippen LogP contribution in [-0.4, -0.2) is 39.9 Å². The molecule has 1 aromatic rings. The van der Waals surface area contributed by atoms with Gasteiger partial charge in [0.15, 0.2) is 0 Å². The Labute approximate surface area is 107 Å². The lowest BCUT2D eigenvalue weighted by Gasteiger charge is -2.14. The average Bonchev–Trinajstić information content (AvgIpc) is 2.35. The largest absolute Gasteiger partial charge is 0.345 e. The van der Waals surface area contributed by atoms with Gasteiger partial charge in [0.1, 0.15) is 0 Å². The normalized spacial score (nSPS) is 11.0. The van der Waals surface area contributed by atoms with Gasteiger partial charge in [-0.25, -0.2) is 13.1 Å². The second-order valence-corrected chi connectivity index (χ2v) is 5.57. The molecule has 18 heavy (non-hydrogen) atoms. The molecule has 1 aromatic carbocycles. The van der Waals surface area contributed by atoms with Crippen molar-refractivity contribution < 1.29 is 13.2 Å². The van der Waals surface area contributed by atoms with Crippen LogP contribution in [0, 0.1) is 0 Å². The molecule has 0 radical (unpaired) electrons. The maximum atomic E-state index is 12.0. The Morgan fingerprint density at radius 2 is 2.00 bits per heavy atom. The van der Waals surface area contributed by atoms with Crippen LogP contribution >= 0.6 is 0 Å². The van der Waals surface area contributed by atoms with Gasteiger partial charge in [-0.2, -0.15) is 0 Å². The summed E-state index contributed by atoms with van der Waals surface area (Å²) >= 11 is 0. The summed E-state index contributed by atoms with van der Waals surface area (Å²) in [5.41, 5.74) is 0.152. The lowest BCUT2D eigenvalue weighted by atomic mass is 10.2. The highest BCUT2D eigenvalue weighted by Crippen LogP contribution is 2.16. The molecule has 6 heteroatoms. The van der Waals surface area contributed by atoms with Gasteiger partial charge in [0.05, 0.1) is 10.5 Å². The van der Waals surface area contributed by atoms with E-state index in [1.807, 2.05) is 0 Å². The summed E-state index contributed by atoms with van der Waals surface area (Å²) in [6.45, 7) is 3.56. The standard InChI is InChI=1S/C12H16N2O3S/c1-4-9-13-18(16,17)11-8-6-5-7-10(11)12(15)14(2)3/h4-8,13H,1,9H2,2-3H3. The molecule has 0 heterocycles. The van der Waals surface area contributed by atoms with Gasteiger partial charge in [0, 0.05) is 20.6 Å². The van der Waals surface area contributed by atoms with Crippen molar-refractivity contribution in [1.82, 2.24) is 9.62 Å². The predicted molar refractivity (Wildman–Crippen MR) is 69.8 cm³/mol. The van der Waals surface area contributed by atoms with Crippen LogP contribution in [0.3, 0.4) is 0 Å². The Bertz CT molecular complexity index is 550. The topological polar surface area (TPSA) is 66.5 Å². The molecule has 0 bridgehead atoms. The first-order chi connectivity index (χ1) is 8.40. The quantitative estimate of drug-likeness (QED) is 0.805. The van der Waals surface area contributed by atoms with Crippen LogP contribution < -0.4 is 4.72 Å². The van der Waals surface area contributed by atoms with Crippen molar-refractivity contribution in [2.75, 3.05) is 20.6 Å². The van der Waals surface area contributed by atoms with Gasteiger partial charge in [0.25, 0.3) is 5.91 Å². The third-order valence-corrected chi connectivity index (χ3v) is 3.71. The van der Waals surface area contributed by atoms with E-state index < -0.39 is 10.0 Å². The zero-order valence-corrected chi connectivity index (χ0v) is 11.2. The van der Waals surface area contributed by atoms with Crippen molar-refractivity contribution in [3.05, 3.63) is 42.5 Å². The summed E-state index contributed by atoms with van der Waals surface area (Å²) in [6, 6.07) is 6.10. The Kier molecular flexibility index (Phi) is 4.63. The number of amides is 1. The van der Waals surface area contributed by atoms with Crippen molar-refractivity contribution in [2.45, 2.75) is 4.90 Å². The number of carbonyl (C=O) groups is 1. The van der Waals surface area contributed by atoms with Gasteiger partial charge >= 0.3 is 0 Å². The molecule has 1 N–H and O–H groups in total. The molecule has 0 saturated heterocycles. The smallest absolute Gasteiger partial charge is 0.254 e. The molecule has 0 unspecified atom stereocenters. The highest BCUT2D eigenvalue weighted by atomic mass is 32.2. The molecule has 0 aliphatic heterocycles. The molecule has 0 fully saturated rings. The Hall–Kier alpha value is -1.66. The summed E-state index contributed by atoms with van der Waals surface area (Å²) in [6.07, 6.45) is 1.44. The Balaban J connectivity index is 3.25. The Morgan fingerprint density at radius 3 is 2.56 bits per heavy atom. The molecule has 98 valence electrons. The number of benzene rings is 1. The van der Waals surface area contributed by atoms with E-state index in [1.54, 1.807) is 26.2 Å². The minimum atomic E-state index is -3.70. The van der Waals surface area contributed by atoms with E-state index in [1.165, 1.54) is 23.1 Å². The van der Waals surface area contributed by atoms with Gasteiger partial charge in [-0.05, 0) is 12.1 Å². The van der Waals surface area contributed by atoms with Gasteiger partial charge in [-0.3, -0.25) is 4.79 Å². The van der Waals surface area contributed by atoms with Crippen molar-refractivity contribution >= 4 is 15.9 Å². The molecule has 0 spiro atoms. The zero-order valence-electron chi connectivity index (χ0n) is 10.4. The number of hydrogen-bond donors (Lipinski definition) is 1. The molecule has 5 nitrogen and oxygen atoms in total. The van der Waals surface area contributed by atoms with E-state index in [-0.39, 0.29) is 22.9 Å². The average molecular weight is 268 g/mol. The summed E-state index contributed by atoms with van der Waals surface area (Å²) < 4.78 is 26.4. The maximum absolute atomic E-state index is 12.0. The number of nitrogens with one attached hydrogen (secondary N) is 1. The molecule has 0 aromatic heterocycles. The second kappa shape index (κ2) is 5.79. The summed E-state index contributed by atoms with van der Waals surface area (Å²) in [5.74, 6) is -0.352. The van der Waals surface area contributed by atoms with E-state index in [4.69, 9.17) is 0 Å². The van der Waals surface area contributed by atoms with E-state index in [9.17, 15) is 13.2 Å². The van der Waals surface area contributed by atoms with Crippen LogP contribution in [0.15, 0.2) is 41.8 Å². The molecular formula is C12H16N2O3S. The first-order valence-electron chi connectivity index (χ1n) is 5.31. The summed E-state index contributed by atoms with van der Waals surface area (Å²) in [5, 5.41) is 0. The molecule has 0 saturated carbocycles. The summed E-state index contributed by atoms with van der Waals surface area (Å²) in [7, 11) is -0.556. The monoisotopic (exact) mass is 268 g/mol. The number of rotatable bonds is 5. The number of carbonyl (C=O) groups excluding carboxylic acids is 1. The van der Waals surface area contributed by atoms with Crippen molar-refractivity contribution in [3.63, 3.8) is 0 Å². The molecule has 0 aliphatic rings. The van der Waals surface area contributed by atoms with Crippen LogP contribution in [0.4, 0.5) is 0 Å². The third kappa shape index (κ3) is 3.18. The first-order valence-corrected chi connectivity index (χ1v) is 6.79. The fourth-order valence-electron chi connectivity index (χ4n) is 1.36. The molecule has 1 amide bonds. The lowest BCUT2D eigenvalue weighted by Crippen LogP contribution is -2.28. The van der Waals surface area contributed by atoms with E-state index in [0.717, 1.165) is 0 Å². The van der Waals surface area contributed by atoms with Gasteiger partial charge in [-0.15, -0.1) is 6.58 Å². The molecule has 0 aliphatic carbocycles. The van der Waals surface area contributed by atoms with Gasteiger partial charge in [-0.1, -0.05) is 18.2 Å². The molecule has 1 rings (SSSR count). The molecular weight excluding hydrogens is 252 g/mol. The number of hydrogen-bond acceptors (Lipinski definition) is 3. The molecule has 0 atom stereocenters.